The number of hydrogen-bond donors (Lipinski definition) is 0. The fraction of sp³-hybridized carbons (Fsp3) is 0.292. The summed E-state index contributed by atoms with van der Waals surface area (Å²) in [6.07, 6.45) is 0.0548. The summed E-state index contributed by atoms with van der Waals surface area (Å²) in [5.74, 6) is 0.536. The number of anilines is 2. The number of hydrogen-bond acceptors (Lipinski definition) is 9. The monoisotopic (exact) mass is 498 g/mol. The number of benzene rings is 2. The van der Waals surface area contributed by atoms with Crippen LogP contribution in [0.3, 0.4) is 0 Å². The van der Waals surface area contributed by atoms with Crippen molar-refractivity contribution < 1.29 is 33.3 Å². The second-order valence-corrected chi connectivity index (χ2v) is 8.80. The van der Waals surface area contributed by atoms with Crippen LogP contribution in [-0.4, -0.2) is 44.6 Å². The Labute approximate surface area is 204 Å². The number of para-hydroxylation sites is 1. The molecule has 10 nitrogen and oxygen atoms in total. The van der Waals surface area contributed by atoms with Gasteiger partial charge >= 0.3 is 10.8 Å². The summed E-state index contributed by atoms with van der Waals surface area (Å²) in [4.78, 5) is 40.6. The predicted molar refractivity (Wildman–Crippen MR) is 126 cm³/mol. The zero-order valence-corrected chi connectivity index (χ0v) is 20.0. The lowest BCUT2D eigenvalue weighted by molar-refractivity contribution is -0.141. The van der Waals surface area contributed by atoms with Crippen molar-refractivity contribution in [2.24, 2.45) is 0 Å². The van der Waals surface area contributed by atoms with Gasteiger partial charge in [-0.05, 0) is 18.2 Å². The maximum atomic E-state index is 13.6. The Morgan fingerprint density at radius 1 is 1.09 bits per heavy atom. The average Bonchev–Trinajstić information content (AvgIpc) is 3.47. The van der Waals surface area contributed by atoms with Crippen molar-refractivity contribution >= 4 is 34.7 Å². The van der Waals surface area contributed by atoms with Crippen molar-refractivity contribution in [1.82, 2.24) is 4.57 Å². The molecule has 0 saturated carbocycles. The lowest BCUT2D eigenvalue weighted by Gasteiger charge is -2.33. The number of carbonyl (C=O) groups is 2. The van der Waals surface area contributed by atoms with E-state index in [0.29, 0.717) is 44.9 Å². The normalized spacial score (nSPS) is 16.1. The molecular formula is C24H22N2O8S. The van der Waals surface area contributed by atoms with Gasteiger partial charge in [0.05, 0.1) is 31.9 Å². The Bertz CT molecular complexity index is 1360. The summed E-state index contributed by atoms with van der Waals surface area (Å²) in [6, 6.07) is 10.7. The Morgan fingerprint density at radius 2 is 1.83 bits per heavy atom. The minimum atomic E-state index is -0.599. The van der Waals surface area contributed by atoms with Crippen molar-refractivity contribution in [1.29, 1.82) is 0 Å². The molecule has 35 heavy (non-hydrogen) atoms. The van der Waals surface area contributed by atoms with Crippen LogP contribution in [-0.2, 0) is 20.9 Å². The van der Waals surface area contributed by atoms with Crippen molar-refractivity contribution in [2.45, 2.75) is 18.9 Å². The topological polar surface area (TPSA) is 106 Å². The first-order chi connectivity index (χ1) is 17.0. The van der Waals surface area contributed by atoms with Gasteiger partial charge in [-0.15, -0.1) is 0 Å². The van der Waals surface area contributed by atoms with Crippen LogP contribution in [0, 0.1) is 0 Å². The third kappa shape index (κ3) is 3.68. The number of amides is 1. The number of aromatic nitrogens is 1. The number of fused-ring (bicyclic) bond motifs is 2. The van der Waals surface area contributed by atoms with Gasteiger partial charge in [0.2, 0.25) is 24.2 Å². The Kier molecular flexibility index (Phi) is 5.85. The third-order valence-electron chi connectivity index (χ3n) is 5.97. The molecule has 1 aromatic heterocycles. The highest BCUT2D eigenvalue weighted by Crippen LogP contribution is 2.54. The minimum Gasteiger partial charge on any atom is -0.492 e. The Hall–Kier alpha value is -3.99. The molecule has 0 unspecified atom stereocenters. The van der Waals surface area contributed by atoms with Crippen molar-refractivity contribution in [2.75, 3.05) is 33.0 Å². The number of carbonyl (C=O) groups excluding carboxylic acids is 2. The zero-order valence-electron chi connectivity index (χ0n) is 19.2. The van der Waals surface area contributed by atoms with Crippen molar-refractivity contribution in [3.05, 3.63) is 56.5 Å². The highest BCUT2D eigenvalue weighted by Gasteiger charge is 2.41. The summed E-state index contributed by atoms with van der Waals surface area (Å²) in [6.45, 7) is -0.302. The molecular weight excluding hydrogens is 476 g/mol. The highest BCUT2D eigenvalue weighted by molar-refractivity contribution is 7.10. The van der Waals surface area contributed by atoms with E-state index in [1.807, 2.05) is 6.07 Å². The molecule has 3 aromatic rings. The quantitative estimate of drug-likeness (QED) is 0.478. The molecule has 2 aliphatic heterocycles. The largest absolute Gasteiger partial charge is 0.492 e. The molecule has 0 aliphatic carbocycles. The molecule has 2 aromatic carbocycles. The lowest BCUT2D eigenvalue weighted by Crippen LogP contribution is -2.36. The van der Waals surface area contributed by atoms with E-state index >= 15 is 0 Å². The number of ether oxygens (including phenoxy) is 5. The van der Waals surface area contributed by atoms with Gasteiger partial charge in [-0.2, -0.15) is 0 Å². The number of nitrogens with zero attached hydrogens (tertiary/aromatic N) is 2. The van der Waals surface area contributed by atoms with Gasteiger partial charge in [-0.3, -0.25) is 23.9 Å². The van der Waals surface area contributed by atoms with Crippen LogP contribution in [0.15, 0.2) is 41.2 Å². The molecule has 1 amide bonds. The molecule has 2 aliphatic rings. The van der Waals surface area contributed by atoms with Crippen LogP contribution in [0.5, 0.6) is 23.0 Å². The molecule has 182 valence electrons. The van der Waals surface area contributed by atoms with Gasteiger partial charge in [0.25, 0.3) is 0 Å². The molecule has 0 fully saturated rings. The standard InChI is InChI=1S/C24H22N2O8S/c1-30-18(28)11-25-23-22(35-24(25)29)15(10-17(27)26(23)13-7-5-4-6-8-13)14-9-16-20(34-12-33-16)21(32-3)19(14)31-2/h4-9,15H,10-12H2,1-3H3/t15-/m1/s1. The van der Waals surface area contributed by atoms with Crippen molar-refractivity contribution in [3.8, 4) is 23.0 Å². The van der Waals surface area contributed by atoms with Gasteiger partial charge in [0, 0.05) is 17.9 Å². The second kappa shape index (κ2) is 8.99. The predicted octanol–water partition coefficient (Wildman–Crippen LogP) is 3.03. The van der Waals surface area contributed by atoms with E-state index in [1.54, 1.807) is 30.3 Å². The second-order valence-electron chi connectivity index (χ2n) is 7.81. The van der Waals surface area contributed by atoms with Crippen LogP contribution in [0.25, 0.3) is 0 Å². The van der Waals surface area contributed by atoms with E-state index in [0.717, 1.165) is 11.3 Å². The molecule has 11 heteroatoms. The molecule has 0 radical (unpaired) electrons. The first kappa shape index (κ1) is 22.8. The molecule has 3 heterocycles. The number of rotatable bonds is 6. The SMILES string of the molecule is COC(=O)Cn1c2c(sc1=O)[C@@H](c1cc3c(c(OC)c1OC)OCO3)CC(=O)N2c1ccccc1. The van der Waals surface area contributed by atoms with Gasteiger partial charge in [-0.25, -0.2) is 0 Å². The van der Waals surface area contributed by atoms with E-state index < -0.39 is 11.9 Å². The van der Waals surface area contributed by atoms with E-state index in [4.69, 9.17) is 23.7 Å². The lowest BCUT2D eigenvalue weighted by atomic mass is 9.89. The van der Waals surface area contributed by atoms with Crippen molar-refractivity contribution in [3.63, 3.8) is 0 Å². The highest BCUT2D eigenvalue weighted by atomic mass is 32.1. The summed E-state index contributed by atoms with van der Waals surface area (Å²) < 4.78 is 28.5. The molecule has 0 N–H and O–H groups in total. The number of esters is 1. The zero-order chi connectivity index (χ0) is 24.7. The van der Waals surface area contributed by atoms with Crippen LogP contribution in [0.1, 0.15) is 22.8 Å². The first-order valence-corrected chi connectivity index (χ1v) is 11.5. The van der Waals surface area contributed by atoms with Gasteiger partial charge in [-0.1, -0.05) is 29.5 Å². The Morgan fingerprint density at radius 3 is 2.51 bits per heavy atom. The number of methoxy groups -OCH3 is 3. The van der Waals surface area contributed by atoms with Gasteiger partial charge < -0.3 is 23.7 Å². The summed E-state index contributed by atoms with van der Waals surface area (Å²) >= 11 is 0.976. The maximum Gasteiger partial charge on any atom is 0.325 e. The summed E-state index contributed by atoms with van der Waals surface area (Å²) in [5.41, 5.74) is 1.20. The van der Waals surface area contributed by atoms with E-state index in [9.17, 15) is 14.4 Å². The average molecular weight is 499 g/mol. The summed E-state index contributed by atoms with van der Waals surface area (Å²) in [7, 11) is 4.23. The van der Waals surface area contributed by atoms with Gasteiger partial charge in [0.15, 0.2) is 11.5 Å². The maximum absolute atomic E-state index is 13.6. The third-order valence-corrected chi connectivity index (χ3v) is 7.05. The van der Waals surface area contributed by atoms with Crippen LogP contribution >= 0.6 is 11.3 Å². The molecule has 0 bridgehead atoms. The smallest absolute Gasteiger partial charge is 0.325 e. The minimum absolute atomic E-state index is 0.0256. The molecule has 5 rings (SSSR count). The van der Waals surface area contributed by atoms with E-state index in [2.05, 4.69) is 0 Å². The Balaban J connectivity index is 1.75. The van der Waals surface area contributed by atoms with E-state index in [1.165, 1.54) is 30.8 Å². The molecule has 0 spiro atoms. The van der Waals surface area contributed by atoms with Crippen LogP contribution in [0.4, 0.5) is 11.5 Å². The number of thiazole rings is 1. The first-order valence-electron chi connectivity index (χ1n) is 10.7. The molecule has 1 atom stereocenters. The fourth-order valence-electron chi connectivity index (χ4n) is 4.45. The van der Waals surface area contributed by atoms with Gasteiger partial charge in [0.1, 0.15) is 12.4 Å². The fourth-order valence-corrected chi connectivity index (χ4v) is 5.54. The van der Waals surface area contributed by atoms with Crippen LogP contribution < -0.4 is 28.7 Å². The molecule has 0 saturated heterocycles. The van der Waals surface area contributed by atoms with E-state index in [-0.39, 0.29) is 30.5 Å². The summed E-state index contributed by atoms with van der Waals surface area (Å²) in [5, 5.41) is 0. The van der Waals surface area contributed by atoms with Crippen LogP contribution in [0.2, 0.25) is 0 Å².